The van der Waals surface area contributed by atoms with Crippen molar-refractivity contribution in [2.24, 2.45) is 0 Å². The minimum absolute atomic E-state index is 0.887. The highest BCUT2D eigenvalue weighted by molar-refractivity contribution is 9.10. The minimum atomic E-state index is 0.887. The van der Waals surface area contributed by atoms with Crippen LogP contribution in [0.15, 0.2) is 28.7 Å². The summed E-state index contributed by atoms with van der Waals surface area (Å²) < 4.78 is 1.19. The fourth-order valence-electron chi connectivity index (χ4n) is 1.15. The zero-order valence-corrected chi connectivity index (χ0v) is 9.30. The van der Waals surface area contributed by atoms with E-state index in [1.54, 1.807) is 7.11 Å². The molecule has 0 amide bonds. The van der Waals surface area contributed by atoms with E-state index in [9.17, 15) is 0 Å². The Morgan fingerprint density at radius 2 is 2.15 bits per heavy atom. The second-order valence-electron chi connectivity index (χ2n) is 2.79. The number of aryl methyl sites for hydroxylation is 1. The molecule has 1 N–H and O–H groups in total. The van der Waals surface area contributed by atoms with E-state index in [0.717, 1.165) is 19.4 Å². The molecule has 13 heavy (non-hydrogen) atoms. The molecule has 0 atom stereocenters. The van der Waals surface area contributed by atoms with Crippen molar-refractivity contribution in [2.45, 2.75) is 12.8 Å². The van der Waals surface area contributed by atoms with Gasteiger partial charge in [0.1, 0.15) is 0 Å². The summed E-state index contributed by atoms with van der Waals surface area (Å²) in [5.41, 5.74) is 4.17. The SMILES string of the molecule is CONCCCc1ccccc1Br. The lowest BCUT2D eigenvalue weighted by Crippen LogP contribution is -2.13. The summed E-state index contributed by atoms with van der Waals surface area (Å²) in [6.07, 6.45) is 2.15. The van der Waals surface area contributed by atoms with Gasteiger partial charge in [-0.25, -0.2) is 5.48 Å². The highest BCUT2D eigenvalue weighted by Crippen LogP contribution is 2.16. The van der Waals surface area contributed by atoms with Crippen LogP contribution >= 0.6 is 15.9 Å². The van der Waals surface area contributed by atoms with Crippen molar-refractivity contribution in [3.8, 4) is 0 Å². The molecule has 1 aromatic carbocycles. The molecule has 3 heteroatoms. The average molecular weight is 244 g/mol. The lowest BCUT2D eigenvalue weighted by molar-refractivity contribution is 0.0911. The van der Waals surface area contributed by atoms with Crippen LogP contribution in [0.3, 0.4) is 0 Å². The Morgan fingerprint density at radius 1 is 1.38 bits per heavy atom. The second-order valence-corrected chi connectivity index (χ2v) is 3.65. The van der Waals surface area contributed by atoms with Gasteiger partial charge in [0.25, 0.3) is 0 Å². The van der Waals surface area contributed by atoms with Crippen LogP contribution < -0.4 is 5.48 Å². The van der Waals surface area contributed by atoms with Gasteiger partial charge in [-0.05, 0) is 24.5 Å². The van der Waals surface area contributed by atoms with Gasteiger partial charge in [0, 0.05) is 11.0 Å². The van der Waals surface area contributed by atoms with Crippen LogP contribution in [0.2, 0.25) is 0 Å². The Labute approximate surface area is 87.4 Å². The number of hydrogen-bond acceptors (Lipinski definition) is 2. The molecule has 0 saturated heterocycles. The van der Waals surface area contributed by atoms with Crippen LogP contribution in [0.1, 0.15) is 12.0 Å². The minimum Gasteiger partial charge on any atom is -0.305 e. The van der Waals surface area contributed by atoms with Gasteiger partial charge < -0.3 is 4.84 Å². The van der Waals surface area contributed by atoms with Crippen LogP contribution in [0.5, 0.6) is 0 Å². The first-order valence-electron chi connectivity index (χ1n) is 4.34. The molecule has 0 heterocycles. The highest BCUT2D eigenvalue weighted by Gasteiger charge is 1.97. The maximum atomic E-state index is 4.75. The Hall–Kier alpha value is -0.380. The summed E-state index contributed by atoms with van der Waals surface area (Å²) >= 11 is 3.51. The van der Waals surface area contributed by atoms with Gasteiger partial charge in [0.05, 0.1) is 7.11 Å². The van der Waals surface area contributed by atoms with Gasteiger partial charge in [-0.1, -0.05) is 34.1 Å². The molecule has 72 valence electrons. The second kappa shape index (κ2) is 6.13. The zero-order chi connectivity index (χ0) is 9.52. The molecule has 0 saturated carbocycles. The van der Waals surface area contributed by atoms with E-state index in [2.05, 4.69) is 39.6 Å². The standard InChI is InChI=1S/C10H14BrNO/c1-13-12-8-4-6-9-5-2-3-7-10(9)11/h2-3,5,7,12H,4,6,8H2,1H3. The maximum Gasteiger partial charge on any atom is 0.0572 e. The molecule has 0 aliphatic heterocycles. The topological polar surface area (TPSA) is 21.3 Å². The highest BCUT2D eigenvalue weighted by atomic mass is 79.9. The number of hydrogen-bond donors (Lipinski definition) is 1. The van der Waals surface area contributed by atoms with Crippen molar-refractivity contribution < 1.29 is 4.84 Å². The molecule has 0 bridgehead atoms. The third-order valence-corrected chi connectivity index (χ3v) is 2.60. The molecule has 1 rings (SSSR count). The maximum absolute atomic E-state index is 4.75. The van der Waals surface area contributed by atoms with Crippen LogP contribution in [-0.2, 0) is 11.3 Å². The van der Waals surface area contributed by atoms with Crippen LogP contribution in [0.4, 0.5) is 0 Å². The molecule has 0 aliphatic carbocycles. The van der Waals surface area contributed by atoms with Gasteiger partial charge in [-0.15, -0.1) is 0 Å². The zero-order valence-electron chi connectivity index (χ0n) is 7.72. The normalized spacial score (nSPS) is 10.3. The summed E-state index contributed by atoms with van der Waals surface area (Å²) in [4.78, 5) is 4.75. The molecule has 0 aliphatic rings. The third-order valence-electron chi connectivity index (χ3n) is 1.83. The van der Waals surface area contributed by atoms with Gasteiger partial charge in [0.2, 0.25) is 0 Å². The smallest absolute Gasteiger partial charge is 0.0572 e. The summed E-state index contributed by atoms with van der Waals surface area (Å²) in [6, 6.07) is 8.29. The molecule has 0 spiro atoms. The molecule has 0 radical (unpaired) electrons. The van der Waals surface area contributed by atoms with E-state index < -0.39 is 0 Å². The average Bonchev–Trinajstić information content (AvgIpc) is 2.15. The first-order valence-corrected chi connectivity index (χ1v) is 5.13. The van der Waals surface area contributed by atoms with Gasteiger partial charge >= 0.3 is 0 Å². The van der Waals surface area contributed by atoms with Gasteiger partial charge in [0.15, 0.2) is 0 Å². The van der Waals surface area contributed by atoms with Crippen LogP contribution in [-0.4, -0.2) is 13.7 Å². The van der Waals surface area contributed by atoms with Crippen LogP contribution in [0.25, 0.3) is 0 Å². The summed E-state index contributed by atoms with van der Waals surface area (Å²) in [5.74, 6) is 0. The van der Waals surface area contributed by atoms with Gasteiger partial charge in [-0.3, -0.25) is 0 Å². The lowest BCUT2D eigenvalue weighted by atomic mass is 10.1. The Morgan fingerprint density at radius 3 is 2.85 bits per heavy atom. The largest absolute Gasteiger partial charge is 0.305 e. The molecule has 0 fully saturated rings. The Kier molecular flexibility index (Phi) is 5.05. The Bertz CT molecular complexity index is 252. The van der Waals surface area contributed by atoms with E-state index in [1.807, 2.05) is 6.07 Å². The van der Waals surface area contributed by atoms with Crippen molar-refractivity contribution in [1.82, 2.24) is 5.48 Å². The van der Waals surface area contributed by atoms with Crippen molar-refractivity contribution in [2.75, 3.05) is 13.7 Å². The van der Waals surface area contributed by atoms with E-state index in [-0.39, 0.29) is 0 Å². The molecule has 1 aromatic rings. The number of hydroxylamine groups is 1. The van der Waals surface area contributed by atoms with E-state index in [1.165, 1.54) is 10.0 Å². The third kappa shape index (κ3) is 3.89. The predicted octanol–water partition coefficient (Wildman–Crippen LogP) is 2.53. The van der Waals surface area contributed by atoms with E-state index in [0.29, 0.717) is 0 Å². The summed E-state index contributed by atoms with van der Waals surface area (Å²) in [5, 5.41) is 0. The van der Waals surface area contributed by atoms with E-state index in [4.69, 9.17) is 4.84 Å². The number of halogens is 1. The van der Waals surface area contributed by atoms with Crippen LogP contribution in [0, 0.1) is 0 Å². The molecular weight excluding hydrogens is 230 g/mol. The Balaban J connectivity index is 2.32. The number of rotatable bonds is 5. The van der Waals surface area contributed by atoms with E-state index >= 15 is 0 Å². The van der Waals surface area contributed by atoms with Crippen molar-refractivity contribution >= 4 is 15.9 Å². The fraction of sp³-hybridized carbons (Fsp3) is 0.400. The predicted molar refractivity (Wildman–Crippen MR) is 57.5 cm³/mol. The summed E-state index contributed by atoms with van der Waals surface area (Å²) in [6.45, 7) is 0.887. The lowest BCUT2D eigenvalue weighted by Gasteiger charge is -2.04. The molecule has 0 aromatic heterocycles. The first-order chi connectivity index (χ1) is 6.34. The van der Waals surface area contributed by atoms with Gasteiger partial charge in [-0.2, -0.15) is 0 Å². The molecule has 2 nitrogen and oxygen atoms in total. The van der Waals surface area contributed by atoms with Crippen molar-refractivity contribution in [1.29, 1.82) is 0 Å². The fourth-order valence-corrected chi connectivity index (χ4v) is 1.64. The molecule has 0 unspecified atom stereocenters. The first kappa shape index (κ1) is 10.7. The monoisotopic (exact) mass is 243 g/mol. The number of nitrogens with one attached hydrogen (secondary N) is 1. The quantitative estimate of drug-likeness (QED) is 0.634. The molecular formula is C10H14BrNO. The van der Waals surface area contributed by atoms with Crippen molar-refractivity contribution in [3.63, 3.8) is 0 Å². The van der Waals surface area contributed by atoms with Crippen molar-refractivity contribution in [3.05, 3.63) is 34.3 Å². The summed E-state index contributed by atoms with van der Waals surface area (Å²) in [7, 11) is 1.64. The number of benzene rings is 1.